The normalized spacial score (nSPS) is 10.2. The second-order valence-electron chi connectivity index (χ2n) is 3.71. The standard InChI is InChI=1S/C11H9ClFN5O2/c12-6-1-2-7(13)8(5-6)15-11-9(18(19)20)3-4-10(16-11)17-14/h1-5H,14H2,(H2,15,16,17). The largest absolute Gasteiger partial charge is 0.332 e. The van der Waals surface area contributed by atoms with Gasteiger partial charge in [-0.15, -0.1) is 0 Å². The summed E-state index contributed by atoms with van der Waals surface area (Å²) in [5, 5.41) is 13.7. The van der Waals surface area contributed by atoms with E-state index in [9.17, 15) is 14.5 Å². The van der Waals surface area contributed by atoms with Gasteiger partial charge in [-0.3, -0.25) is 10.1 Å². The van der Waals surface area contributed by atoms with Crippen LogP contribution >= 0.6 is 11.6 Å². The predicted molar refractivity (Wildman–Crippen MR) is 73.4 cm³/mol. The van der Waals surface area contributed by atoms with Gasteiger partial charge in [0.05, 0.1) is 10.6 Å². The van der Waals surface area contributed by atoms with E-state index in [-0.39, 0.29) is 28.0 Å². The Labute approximate surface area is 117 Å². The molecule has 0 atom stereocenters. The van der Waals surface area contributed by atoms with Crippen molar-refractivity contribution >= 4 is 34.6 Å². The van der Waals surface area contributed by atoms with E-state index in [0.717, 1.165) is 6.07 Å². The fourth-order valence-electron chi connectivity index (χ4n) is 1.49. The van der Waals surface area contributed by atoms with Crippen molar-refractivity contribution in [2.45, 2.75) is 0 Å². The molecule has 1 aromatic heterocycles. The van der Waals surface area contributed by atoms with Gasteiger partial charge < -0.3 is 10.7 Å². The summed E-state index contributed by atoms with van der Waals surface area (Å²) in [6, 6.07) is 6.33. The summed E-state index contributed by atoms with van der Waals surface area (Å²) in [7, 11) is 0. The number of halogens is 2. The zero-order valence-electron chi connectivity index (χ0n) is 9.93. The van der Waals surface area contributed by atoms with Crippen molar-refractivity contribution in [2.24, 2.45) is 5.84 Å². The molecule has 1 aromatic carbocycles. The molecule has 2 aromatic rings. The van der Waals surface area contributed by atoms with Gasteiger partial charge in [0.15, 0.2) is 0 Å². The van der Waals surface area contributed by atoms with Crippen molar-refractivity contribution in [3.63, 3.8) is 0 Å². The van der Waals surface area contributed by atoms with Crippen LogP contribution in [0.2, 0.25) is 5.02 Å². The number of benzene rings is 1. The van der Waals surface area contributed by atoms with E-state index >= 15 is 0 Å². The first-order valence-electron chi connectivity index (χ1n) is 5.35. The van der Waals surface area contributed by atoms with Crippen LogP contribution in [-0.2, 0) is 0 Å². The van der Waals surface area contributed by atoms with Crippen LogP contribution in [0.5, 0.6) is 0 Å². The molecule has 0 spiro atoms. The highest BCUT2D eigenvalue weighted by atomic mass is 35.5. The number of nitrogens with two attached hydrogens (primary N) is 1. The minimum Gasteiger partial charge on any atom is -0.332 e. The van der Waals surface area contributed by atoms with Gasteiger partial charge in [0.1, 0.15) is 11.6 Å². The number of rotatable bonds is 4. The molecule has 7 nitrogen and oxygen atoms in total. The molecule has 0 aliphatic rings. The first kappa shape index (κ1) is 14.0. The summed E-state index contributed by atoms with van der Waals surface area (Å²) >= 11 is 5.75. The Morgan fingerprint density at radius 1 is 1.35 bits per heavy atom. The number of nitrogens with zero attached hydrogens (tertiary/aromatic N) is 2. The zero-order valence-corrected chi connectivity index (χ0v) is 10.7. The maximum Gasteiger partial charge on any atom is 0.311 e. The van der Waals surface area contributed by atoms with Gasteiger partial charge >= 0.3 is 5.69 Å². The Morgan fingerprint density at radius 3 is 2.75 bits per heavy atom. The molecular weight excluding hydrogens is 289 g/mol. The SMILES string of the molecule is NNc1ccc([N+](=O)[O-])c(Nc2cc(Cl)ccc2F)n1. The van der Waals surface area contributed by atoms with E-state index in [0.29, 0.717) is 0 Å². The zero-order chi connectivity index (χ0) is 14.7. The van der Waals surface area contributed by atoms with Crippen LogP contribution in [0.15, 0.2) is 30.3 Å². The summed E-state index contributed by atoms with van der Waals surface area (Å²) in [5.41, 5.74) is 1.91. The number of anilines is 3. The molecule has 2 rings (SSSR count). The second kappa shape index (κ2) is 5.68. The lowest BCUT2D eigenvalue weighted by atomic mass is 10.3. The lowest BCUT2D eigenvalue weighted by Gasteiger charge is -2.09. The number of nitrogens with one attached hydrogen (secondary N) is 2. The van der Waals surface area contributed by atoms with E-state index in [2.05, 4.69) is 15.7 Å². The number of nitrogen functional groups attached to an aromatic ring is 1. The molecule has 9 heteroatoms. The maximum atomic E-state index is 13.6. The third-order valence-corrected chi connectivity index (χ3v) is 2.64. The topological polar surface area (TPSA) is 106 Å². The minimum atomic E-state index is -0.641. The number of pyridine rings is 1. The fourth-order valence-corrected chi connectivity index (χ4v) is 1.66. The Kier molecular flexibility index (Phi) is 3.97. The van der Waals surface area contributed by atoms with Gasteiger partial charge in [0.2, 0.25) is 5.82 Å². The lowest BCUT2D eigenvalue weighted by Crippen LogP contribution is -2.10. The van der Waals surface area contributed by atoms with Crippen LogP contribution < -0.4 is 16.6 Å². The molecule has 0 radical (unpaired) electrons. The summed E-state index contributed by atoms with van der Waals surface area (Å²) in [6.45, 7) is 0. The summed E-state index contributed by atoms with van der Waals surface area (Å²) < 4.78 is 13.6. The van der Waals surface area contributed by atoms with Crippen molar-refractivity contribution in [3.05, 3.63) is 51.3 Å². The third-order valence-electron chi connectivity index (χ3n) is 2.40. The Morgan fingerprint density at radius 2 is 2.10 bits per heavy atom. The van der Waals surface area contributed by atoms with Crippen LogP contribution in [0.25, 0.3) is 0 Å². The van der Waals surface area contributed by atoms with Gasteiger partial charge in [-0.05, 0) is 24.3 Å². The van der Waals surface area contributed by atoms with E-state index in [1.54, 1.807) is 0 Å². The molecule has 0 saturated carbocycles. The van der Waals surface area contributed by atoms with Crippen molar-refractivity contribution in [2.75, 3.05) is 10.7 Å². The first-order valence-corrected chi connectivity index (χ1v) is 5.73. The van der Waals surface area contributed by atoms with E-state index in [1.165, 1.54) is 24.3 Å². The Bertz CT molecular complexity index is 667. The van der Waals surface area contributed by atoms with E-state index < -0.39 is 10.7 Å². The van der Waals surface area contributed by atoms with Crippen molar-refractivity contribution in [3.8, 4) is 0 Å². The van der Waals surface area contributed by atoms with Gasteiger partial charge in [-0.2, -0.15) is 0 Å². The average Bonchev–Trinajstić information content (AvgIpc) is 2.42. The first-order chi connectivity index (χ1) is 9.51. The highest BCUT2D eigenvalue weighted by Crippen LogP contribution is 2.29. The summed E-state index contributed by atoms with van der Waals surface area (Å²) in [5.74, 6) is 4.62. The van der Waals surface area contributed by atoms with Gasteiger partial charge in [0, 0.05) is 11.1 Å². The highest BCUT2D eigenvalue weighted by molar-refractivity contribution is 6.30. The predicted octanol–water partition coefficient (Wildman–Crippen LogP) is 2.81. The minimum absolute atomic E-state index is 0.0257. The molecule has 4 N–H and O–H groups in total. The molecule has 20 heavy (non-hydrogen) atoms. The van der Waals surface area contributed by atoms with Crippen LogP contribution in [0, 0.1) is 15.9 Å². The molecule has 0 saturated heterocycles. The summed E-state index contributed by atoms with van der Waals surface area (Å²) in [6.07, 6.45) is 0. The summed E-state index contributed by atoms with van der Waals surface area (Å²) in [4.78, 5) is 14.2. The molecule has 0 aliphatic carbocycles. The van der Waals surface area contributed by atoms with E-state index in [1.807, 2.05) is 0 Å². The number of hydrogen-bond donors (Lipinski definition) is 3. The van der Waals surface area contributed by atoms with Crippen LogP contribution in [0.1, 0.15) is 0 Å². The number of hydrazine groups is 1. The van der Waals surface area contributed by atoms with Gasteiger partial charge in [-0.1, -0.05) is 11.6 Å². The molecule has 0 amide bonds. The smallest absolute Gasteiger partial charge is 0.311 e. The monoisotopic (exact) mass is 297 g/mol. The van der Waals surface area contributed by atoms with Crippen molar-refractivity contribution in [1.29, 1.82) is 0 Å². The van der Waals surface area contributed by atoms with Crippen LogP contribution in [0.4, 0.5) is 27.4 Å². The molecular formula is C11H9ClFN5O2. The fraction of sp³-hybridized carbons (Fsp3) is 0. The molecule has 0 bridgehead atoms. The molecule has 0 unspecified atom stereocenters. The maximum absolute atomic E-state index is 13.6. The number of aromatic nitrogens is 1. The van der Waals surface area contributed by atoms with Crippen molar-refractivity contribution in [1.82, 2.24) is 4.98 Å². The molecule has 0 aliphatic heterocycles. The number of hydrogen-bond acceptors (Lipinski definition) is 6. The number of nitro groups is 1. The van der Waals surface area contributed by atoms with E-state index in [4.69, 9.17) is 17.4 Å². The lowest BCUT2D eigenvalue weighted by molar-refractivity contribution is -0.384. The Balaban J connectivity index is 2.45. The van der Waals surface area contributed by atoms with Crippen LogP contribution in [0.3, 0.4) is 0 Å². The van der Waals surface area contributed by atoms with Gasteiger partial charge in [-0.25, -0.2) is 15.2 Å². The average molecular weight is 298 g/mol. The molecule has 104 valence electrons. The van der Waals surface area contributed by atoms with Gasteiger partial charge in [0.25, 0.3) is 0 Å². The van der Waals surface area contributed by atoms with Crippen LogP contribution in [-0.4, -0.2) is 9.91 Å². The Hall–Kier alpha value is -2.45. The highest BCUT2D eigenvalue weighted by Gasteiger charge is 2.17. The third kappa shape index (κ3) is 2.92. The quantitative estimate of drug-likeness (QED) is 0.455. The molecule has 1 heterocycles. The second-order valence-corrected chi connectivity index (χ2v) is 4.15. The molecule has 0 fully saturated rings. The van der Waals surface area contributed by atoms with Crippen molar-refractivity contribution < 1.29 is 9.31 Å².